The topological polar surface area (TPSA) is 82.1 Å². The molecule has 6 aliphatic rings. The number of methoxy groups -OCH3 is 1. The van der Waals surface area contributed by atoms with Gasteiger partial charge in [0.05, 0.1) is 12.7 Å². The summed E-state index contributed by atoms with van der Waals surface area (Å²) in [6, 6.07) is 15.5. The van der Waals surface area contributed by atoms with Crippen LogP contribution in [-0.4, -0.2) is 30.8 Å². The highest BCUT2D eigenvalue weighted by molar-refractivity contribution is 6.15. The fourth-order valence-electron chi connectivity index (χ4n) is 8.33. The van der Waals surface area contributed by atoms with Crippen LogP contribution >= 0.6 is 0 Å². The Balaban J connectivity index is 1.19. The number of ether oxygens (including phenoxy) is 3. The monoisotopic (exact) mass is 553 g/mol. The Morgan fingerprint density at radius 2 is 1.51 bits per heavy atom. The highest BCUT2D eigenvalue weighted by Crippen LogP contribution is 2.61. The van der Waals surface area contributed by atoms with E-state index >= 15 is 0 Å². The number of benzene rings is 2. The van der Waals surface area contributed by atoms with Crippen molar-refractivity contribution in [3.05, 3.63) is 88.6 Å². The van der Waals surface area contributed by atoms with E-state index in [1.54, 1.807) is 18.2 Å². The van der Waals surface area contributed by atoms with Gasteiger partial charge in [-0.05, 0) is 85.4 Å². The number of hydrogen-bond acceptors (Lipinski definition) is 7. The van der Waals surface area contributed by atoms with Crippen LogP contribution in [0.25, 0.3) is 0 Å². The molecular formula is C34H35NO6. The SMILES string of the molecule is COC(=O)c1ccc(CN2/C(=C/C=C3C(=O)OC4(OC3=O)C3CC5CC(C3)CC4C5)C(C)(C)c3ccccc32)cc1. The van der Waals surface area contributed by atoms with Crippen LogP contribution in [0.4, 0.5) is 5.69 Å². The van der Waals surface area contributed by atoms with Gasteiger partial charge in [0.2, 0.25) is 0 Å². The Bertz CT molecular complexity index is 1450. The van der Waals surface area contributed by atoms with E-state index < -0.39 is 17.7 Å². The molecule has 0 aromatic heterocycles. The molecule has 0 unspecified atom stereocenters. The minimum Gasteiger partial charge on any atom is -0.465 e. The molecule has 4 bridgehead atoms. The van der Waals surface area contributed by atoms with Crippen molar-refractivity contribution in [2.75, 3.05) is 12.0 Å². The third-order valence-electron chi connectivity index (χ3n) is 10.1. The van der Waals surface area contributed by atoms with E-state index in [-0.39, 0.29) is 28.8 Å². The predicted molar refractivity (Wildman–Crippen MR) is 152 cm³/mol. The maximum absolute atomic E-state index is 13.4. The number of hydrogen-bond donors (Lipinski definition) is 0. The van der Waals surface area contributed by atoms with E-state index in [0.717, 1.165) is 48.2 Å². The van der Waals surface area contributed by atoms with Gasteiger partial charge in [0, 0.05) is 35.2 Å². The summed E-state index contributed by atoms with van der Waals surface area (Å²) in [6.45, 7) is 4.82. The molecule has 0 radical (unpaired) electrons. The first-order valence-electron chi connectivity index (χ1n) is 14.6. The summed E-state index contributed by atoms with van der Waals surface area (Å²) >= 11 is 0. The standard InChI is InChI=1S/C34H35NO6/c1-33(2)27-6-4-5-7-28(27)35(19-20-8-10-23(11-9-20)30(36)39-3)29(33)13-12-26-31(37)40-34(41-32(26)38)24-15-21-14-22(17-24)18-25(34)16-21/h4-13,21-22,24-25H,14-19H2,1-3H3/b26-12?,29-13+. The second-order valence-corrected chi connectivity index (χ2v) is 12.9. The van der Waals surface area contributed by atoms with Gasteiger partial charge in [-0.2, -0.15) is 0 Å². The molecule has 41 heavy (non-hydrogen) atoms. The number of rotatable bonds is 4. The van der Waals surface area contributed by atoms with Gasteiger partial charge in [0.25, 0.3) is 5.79 Å². The van der Waals surface area contributed by atoms with Gasteiger partial charge in [-0.1, -0.05) is 44.2 Å². The summed E-state index contributed by atoms with van der Waals surface area (Å²) in [7, 11) is 1.37. The lowest BCUT2D eigenvalue weighted by Gasteiger charge is -2.59. The largest absolute Gasteiger partial charge is 0.465 e. The van der Waals surface area contributed by atoms with E-state index in [2.05, 4.69) is 30.9 Å². The van der Waals surface area contributed by atoms with E-state index in [0.29, 0.717) is 23.9 Å². The molecule has 0 N–H and O–H groups in total. The van der Waals surface area contributed by atoms with Crippen LogP contribution in [0.15, 0.2) is 72.0 Å². The lowest BCUT2D eigenvalue weighted by molar-refractivity contribution is -0.313. The molecule has 5 fully saturated rings. The molecule has 1 saturated heterocycles. The van der Waals surface area contributed by atoms with E-state index in [1.165, 1.54) is 13.5 Å². The Morgan fingerprint density at radius 1 is 0.902 bits per heavy atom. The van der Waals surface area contributed by atoms with Crippen LogP contribution in [0, 0.1) is 23.7 Å². The number of fused-ring (bicyclic) bond motifs is 1. The smallest absolute Gasteiger partial charge is 0.348 e. The zero-order chi connectivity index (χ0) is 28.5. The van der Waals surface area contributed by atoms with Crippen LogP contribution in [0.3, 0.4) is 0 Å². The van der Waals surface area contributed by atoms with Crippen molar-refractivity contribution in [2.24, 2.45) is 23.7 Å². The van der Waals surface area contributed by atoms with Gasteiger partial charge in [-0.3, -0.25) is 0 Å². The number of allylic oxidation sites excluding steroid dienone is 3. The summed E-state index contributed by atoms with van der Waals surface area (Å²) in [6.07, 6.45) is 8.57. The predicted octanol–water partition coefficient (Wildman–Crippen LogP) is 5.83. The molecule has 8 rings (SSSR count). The molecular weight excluding hydrogens is 518 g/mol. The van der Waals surface area contributed by atoms with Crippen molar-refractivity contribution in [1.29, 1.82) is 0 Å². The third kappa shape index (κ3) is 4.03. The number of carbonyl (C=O) groups is 3. The maximum atomic E-state index is 13.4. The average molecular weight is 554 g/mol. The second kappa shape index (κ2) is 9.33. The Kier molecular flexibility index (Phi) is 5.93. The summed E-state index contributed by atoms with van der Waals surface area (Å²) in [4.78, 5) is 40.9. The third-order valence-corrected chi connectivity index (χ3v) is 10.1. The Morgan fingerprint density at radius 3 is 2.12 bits per heavy atom. The lowest BCUT2D eigenvalue weighted by atomic mass is 9.53. The Hall–Kier alpha value is -3.87. The number of para-hydroxylation sites is 1. The maximum Gasteiger partial charge on any atom is 0.348 e. The molecule has 4 aliphatic carbocycles. The molecule has 0 amide bonds. The van der Waals surface area contributed by atoms with Crippen LogP contribution in [0.1, 0.15) is 67.4 Å². The molecule has 2 heterocycles. The molecule has 212 valence electrons. The van der Waals surface area contributed by atoms with Crippen molar-refractivity contribution in [2.45, 2.75) is 63.7 Å². The number of anilines is 1. The number of nitrogens with zero attached hydrogens (tertiary/aromatic N) is 1. The first-order chi connectivity index (χ1) is 19.7. The fourth-order valence-corrected chi connectivity index (χ4v) is 8.33. The van der Waals surface area contributed by atoms with Crippen LogP contribution in [-0.2, 0) is 35.8 Å². The summed E-state index contributed by atoms with van der Waals surface area (Å²) < 4.78 is 17.0. The van der Waals surface area contributed by atoms with Gasteiger partial charge in [-0.15, -0.1) is 0 Å². The van der Waals surface area contributed by atoms with Crippen LogP contribution < -0.4 is 4.90 Å². The van der Waals surface area contributed by atoms with Gasteiger partial charge < -0.3 is 19.1 Å². The zero-order valence-corrected chi connectivity index (χ0v) is 23.7. The molecule has 7 heteroatoms. The summed E-state index contributed by atoms with van der Waals surface area (Å²) in [5, 5.41) is 0. The van der Waals surface area contributed by atoms with Crippen LogP contribution in [0.5, 0.6) is 0 Å². The average Bonchev–Trinajstić information content (AvgIpc) is 3.16. The van der Waals surface area contributed by atoms with Gasteiger partial charge in [0.15, 0.2) is 0 Å². The van der Waals surface area contributed by atoms with Crippen LogP contribution in [0.2, 0.25) is 0 Å². The number of carbonyl (C=O) groups excluding carboxylic acids is 3. The molecule has 2 aromatic carbocycles. The van der Waals surface area contributed by atoms with Gasteiger partial charge in [0.1, 0.15) is 5.57 Å². The summed E-state index contributed by atoms with van der Waals surface area (Å²) in [5.74, 6) is -1.08. The van der Waals surface area contributed by atoms with Crippen molar-refractivity contribution >= 4 is 23.6 Å². The molecule has 2 aromatic rings. The molecule has 0 atom stereocenters. The fraction of sp³-hybridized carbons (Fsp3) is 0.441. The minimum absolute atomic E-state index is 0.0638. The molecule has 1 spiro atoms. The van der Waals surface area contributed by atoms with Gasteiger partial charge in [-0.25, -0.2) is 14.4 Å². The molecule has 2 aliphatic heterocycles. The van der Waals surface area contributed by atoms with Crippen molar-refractivity contribution in [1.82, 2.24) is 0 Å². The minimum atomic E-state index is -1.09. The highest BCUT2D eigenvalue weighted by Gasteiger charge is 2.64. The van der Waals surface area contributed by atoms with E-state index in [1.807, 2.05) is 30.3 Å². The second-order valence-electron chi connectivity index (χ2n) is 12.9. The van der Waals surface area contributed by atoms with Crippen molar-refractivity contribution in [3.8, 4) is 0 Å². The first-order valence-corrected chi connectivity index (χ1v) is 14.6. The quantitative estimate of drug-likeness (QED) is 0.268. The lowest BCUT2D eigenvalue weighted by Crippen LogP contribution is -2.63. The van der Waals surface area contributed by atoms with Crippen molar-refractivity contribution in [3.63, 3.8) is 0 Å². The van der Waals surface area contributed by atoms with Gasteiger partial charge >= 0.3 is 17.9 Å². The van der Waals surface area contributed by atoms with Crippen molar-refractivity contribution < 1.29 is 28.6 Å². The zero-order valence-electron chi connectivity index (χ0n) is 23.7. The summed E-state index contributed by atoms with van der Waals surface area (Å²) in [5.41, 5.74) is 4.20. The Labute approximate surface area is 240 Å². The molecule has 4 saturated carbocycles. The highest BCUT2D eigenvalue weighted by atomic mass is 16.7. The van der Waals surface area contributed by atoms with E-state index in [9.17, 15) is 14.4 Å². The van der Waals surface area contributed by atoms with E-state index in [4.69, 9.17) is 14.2 Å². The first kappa shape index (κ1) is 26.1. The normalized spacial score (nSPS) is 31.7. The number of esters is 3. The molecule has 7 nitrogen and oxygen atoms in total.